The molecule has 1 amide bonds. The van der Waals surface area contributed by atoms with Crippen LogP contribution in [0.25, 0.3) is 11.1 Å². The lowest BCUT2D eigenvalue weighted by Crippen LogP contribution is -2.42. The third-order valence-corrected chi connectivity index (χ3v) is 7.98. The molecular weight excluding hydrogens is 496 g/mol. The van der Waals surface area contributed by atoms with Crippen LogP contribution in [0.5, 0.6) is 0 Å². The Morgan fingerprint density at radius 3 is 2.75 bits per heavy atom. The highest BCUT2D eigenvalue weighted by atomic mass is 35.5. The maximum absolute atomic E-state index is 13.2. The second-order valence-corrected chi connectivity index (χ2v) is 10.5. The molecule has 36 heavy (non-hydrogen) atoms. The Balaban J connectivity index is 1.27. The number of amides is 1. The van der Waals surface area contributed by atoms with Gasteiger partial charge in [0.2, 0.25) is 0 Å². The number of carbonyl (C=O) groups is 1. The van der Waals surface area contributed by atoms with Crippen LogP contribution in [0.4, 0.5) is 0 Å². The largest absolute Gasteiger partial charge is 0.378 e. The summed E-state index contributed by atoms with van der Waals surface area (Å²) < 4.78 is 4.21. The minimum absolute atomic E-state index is 0.113. The number of aromatic nitrogens is 3. The third-order valence-electron chi connectivity index (χ3n) is 7.16. The van der Waals surface area contributed by atoms with Gasteiger partial charge in [0.15, 0.2) is 6.10 Å². The molecule has 2 N–H and O–H groups in total. The summed E-state index contributed by atoms with van der Waals surface area (Å²) in [5.74, 6) is 0.232. The zero-order valence-electron chi connectivity index (χ0n) is 19.3. The van der Waals surface area contributed by atoms with Crippen molar-refractivity contribution in [3.8, 4) is 11.1 Å². The van der Waals surface area contributed by atoms with E-state index in [0.717, 1.165) is 35.2 Å². The molecule has 2 aliphatic rings. The van der Waals surface area contributed by atoms with E-state index >= 15 is 0 Å². The van der Waals surface area contributed by atoms with E-state index in [1.807, 2.05) is 17.6 Å². The van der Waals surface area contributed by atoms with Crippen LogP contribution in [-0.2, 0) is 23.2 Å². The van der Waals surface area contributed by atoms with Crippen molar-refractivity contribution in [1.29, 1.82) is 0 Å². The fourth-order valence-corrected chi connectivity index (χ4v) is 5.71. The quantitative estimate of drug-likeness (QED) is 0.411. The van der Waals surface area contributed by atoms with Crippen LogP contribution in [0.1, 0.15) is 47.2 Å². The second kappa shape index (κ2) is 8.96. The number of benzene rings is 2. The number of nitrogens with one attached hydrogen (secondary N) is 1. The topological polar surface area (TPSA) is 99.2 Å². The van der Waals surface area contributed by atoms with Gasteiger partial charge in [-0.05, 0) is 53.2 Å². The highest BCUT2D eigenvalue weighted by molar-refractivity contribution is 7.03. The standard InChI is InChI=1S/C27H23ClN4O3S/c28-20-6-2-4-17(12-20)23(33)25(35)32-10-7-22-21(14-32)24(34)31-26(30-22)27(8-9-27)19-5-1-3-16(11-19)18-13-29-36-15-18/h1-6,11-13,15,23,33H,7-10,14H2,(H,30,31,34)/t23-/m1/s1. The number of aliphatic hydroxyl groups is 1. The van der Waals surface area contributed by atoms with E-state index in [9.17, 15) is 14.7 Å². The first kappa shape index (κ1) is 23.1. The third kappa shape index (κ3) is 4.05. The van der Waals surface area contributed by atoms with E-state index in [0.29, 0.717) is 34.9 Å². The van der Waals surface area contributed by atoms with Crippen molar-refractivity contribution in [2.75, 3.05) is 6.54 Å². The first-order chi connectivity index (χ1) is 17.4. The van der Waals surface area contributed by atoms with E-state index in [2.05, 4.69) is 27.6 Å². The molecule has 182 valence electrons. The van der Waals surface area contributed by atoms with Crippen LogP contribution in [0.2, 0.25) is 5.02 Å². The van der Waals surface area contributed by atoms with Gasteiger partial charge in [-0.25, -0.2) is 9.36 Å². The van der Waals surface area contributed by atoms with Crippen LogP contribution in [0, 0.1) is 0 Å². The molecule has 0 radical (unpaired) electrons. The molecule has 1 fully saturated rings. The van der Waals surface area contributed by atoms with Crippen LogP contribution in [0.15, 0.2) is 64.9 Å². The molecule has 2 aromatic heterocycles. The van der Waals surface area contributed by atoms with Crippen molar-refractivity contribution in [2.24, 2.45) is 0 Å². The summed E-state index contributed by atoms with van der Waals surface area (Å²) >= 11 is 7.43. The molecule has 0 saturated heterocycles. The number of hydrogen-bond donors (Lipinski definition) is 2. The fraction of sp³-hybridized carbons (Fsp3) is 0.259. The number of rotatable bonds is 5. The van der Waals surface area contributed by atoms with Crippen molar-refractivity contribution in [3.05, 3.63) is 104 Å². The molecule has 3 heterocycles. The molecule has 2 aromatic carbocycles. The van der Waals surface area contributed by atoms with E-state index in [4.69, 9.17) is 16.6 Å². The Morgan fingerprint density at radius 2 is 2.00 bits per heavy atom. The number of H-pyrrole nitrogens is 1. The molecule has 6 rings (SSSR count). The molecule has 4 aromatic rings. The average molecular weight is 519 g/mol. The number of fused-ring (bicyclic) bond motifs is 1. The Hall–Kier alpha value is -3.33. The minimum Gasteiger partial charge on any atom is -0.378 e. The Kier molecular flexibility index (Phi) is 5.75. The van der Waals surface area contributed by atoms with Gasteiger partial charge in [-0.3, -0.25) is 9.59 Å². The molecule has 0 unspecified atom stereocenters. The summed E-state index contributed by atoms with van der Waals surface area (Å²) in [6.45, 7) is 0.495. The van der Waals surface area contributed by atoms with Gasteiger partial charge < -0.3 is 15.0 Å². The van der Waals surface area contributed by atoms with Crippen LogP contribution < -0.4 is 5.56 Å². The normalized spacial score (nSPS) is 16.9. The number of aliphatic hydroxyl groups excluding tert-OH is 1. The Morgan fingerprint density at radius 1 is 1.17 bits per heavy atom. The summed E-state index contributed by atoms with van der Waals surface area (Å²) in [5, 5.41) is 13.1. The van der Waals surface area contributed by atoms with E-state index in [1.165, 1.54) is 16.4 Å². The van der Waals surface area contributed by atoms with Gasteiger partial charge in [0, 0.05) is 35.1 Å². The van der Waals surface area contributed by atoms with Crippen molar-refractivity contribution >= 4 is 29.0 Å². The highest BCUT2D eigenvalue weighted by Crippen LogP contribution is 2.52. The van der Waals surface area contributed by atoms with E-state index in [-0.39, 0.29) is 17.5 Å². The maximum atomic E-state index is 13.2. The number of carbonyl (C=O) groups excluding carboxylic acids is 1. The van der Waals surface area contributed by atoms with Crippen molar-refractivity contribution < 1.29 is 9.90 Å². The van der Waals surface area contributed by atoms with Gasteiger partial charge in [0.25, 0.3) is 11.5 Å². The lowest BCUT2D eigenvalue weighted by molar-refractivity contribution is -0.141. The summed E-state index contributed by atoms with van der Waals surface area (Å²) in [6.07, 6.45) is 2.81. The van der Waals surface area contributed by atoms with Crippen LogP contribution >= 0.6 is 23.1 Å². The number of nitrogens with zero attached hydrogens (tertiary/aromatic N) is 3. The average Bonchev–Trinajstić information content (AvgIpc) is 3.53. The van der Waals surface area contributed by atoms with Crippen molar-refractivity contribution in [3.63, 3.8) is 0 Å². The minimum atomic E-state index is -1.34. The lowest BCUT2D eigenvalue weighted by atomic mass is 9.92. The summed E-state index contributed by atoms with van der Waals surface area (Å²) in [6, 6.07) is 15.0. The smallest absolute Gasteiger partial charge is 0.256 e. The summed E-state index contributed by atoms with van der Waals surface area (Å²) in [7, 11) is 0. The SMILES string of the molecule is O=C([C@H](O)c1cccc(Cl)c1)N1CCc2nc(C3(c4cccc(-c5cnsc5)c4)CC3)[nH]c(=O)c2C1. The zero-order valence-corrected chi connectivity index (χ0v) is 20.9. The molecule has 0 spiro atoms. The monoisotopic (exact) mass is 518 g/mol. The molecule has 9 heteroatoms. The molecular formula is C27H23ClN4O3S. The van der Waals surface area contributed by atoms with Crippen molar-refractivity contribution in [1.82, 2.24) is 19.2 Å². The molecule has 7 nitrogen and oxygen atoms in total. The maximum Gasteiger partial charge on any atom is 0.256 e. The van der Waals surface area contributed by atoms with Crippen LogP contribution in [0.3, 0.4) is 0 Å². The zero-order chi connectivity index (χ0) is 24.9. The molecule has 1 atom stereocenters. The first-order valence-corrected chi connectivity index (χ1v) is 13.0. The number of hydrogen-bond acceptors (Lipinski definition) is 6. The predicted molar refractivity (Wildman–Crippen MR) is 138 cm³/mol. The second-order valence-electron chi connectivity index (χ2n) is 9.38. The van der Waals surface area contributed by atoms with Gasteiger partial charge in [-0.1, -0.05) is 48.0 Å². The Labute approximate surface area is 216 Å². The molecule has 0 bridgehead atoms. The fourth-order valence-electron chi connectivity index (χ4n) is 4.96. The Bertz CT molecular complexity index is 1510. The summed E-state index contributed by atoms with van der Waals surface area (Å²) in [5.41, 5.74) is 4.40. The number of aromatic amines is 1. The molecule has 1 aliphatic heterocycles. The first-order valence-electron chi connectivity index (χ1n) is 11.8. The van der Waals surface area contributed by atoms with E-state index in [1.54, 1.807) is 24.3 Å². The lowest BCUT2D eigenvalue weighted by Gasteiger charge is -2.30. The molecule has 1 aliphatic carbocycles. The van der Waals surface area contributed by atoms with Gasteiger partial charge in [0.1, 0.15) is 5.82 Å². The molecule has 1 saturated carbocycles. The number of halogens is 1. The van der Waals surface area contributed by atoms with Crippen molar-refractivity contribution in [2.45, 2.75) is 37.3 Å². The van der Waals surface area contributed by atoms with Gasteiger partial charge in [-0.15, -0.1) is 0 Å². The van der Waals surface area contributed by atoms with E-state index < -0.39 is 12.0 Å². The van der Waals surface area contributed by atoms with Gasteiger partial charge in [-0.2, -0.15) is 0 Å². The van der Waals surface area contributed by atoms with Gasteiger partial charge in [0.05, 0.1) is 23.2 Å². The van der Waals surface area contributed by atoms with Gasteiger partial charge >= 0.3 is 0 Å². The predicted octanol–water partition coefficient (Wildman–Crippen LogP) is 4.25. The highest BCUT2D eigenvalue weighted by Gasteiger charge is 2.49. The van der Waals surface area contributed by atoms with Crippen LogP contribution in [-0.4, -0.2) is 36.8 Å². The summed E-state index contributed by atoms with van der Waals surface area (Å²) in [4.78, 5) is 35.6.